The van der Waals surface area contributed by atoms with E-state index in [1.54, 1.807) is 0 Å². The summed E-state index contributed by atoms with van der Waals surface area (Å²) in [5.74, 6) is -0.0820. The minimum Gasteiger partial charge on any atom is -0.406 e. The Balaban J connectivity index is 2.90. The van der Waals surface area contributed by atoms with Crippen molar-refractivity contribution >= 4 is 34.2 Å². The van der Waals surface area contributed by atoms with E-state index in [9.17, 15) is 13.2 Å². The third-order valence-electron chi connectivity index (χ3n) is 1.39. The Morgan fingerprint density at radius 2 is 2.00 bits per heavy atom. The van der Waals surface area contributed by atoms with Crippen LogP contribution in [0.2, 0.25) is 0 Å². The number of benzene rings is 1. The second-order valence-electron chi connectivity index (χ2n) is 2.43. The molecular formula is C8H5ClF3IO. The fourth-order valence-corrected chi connectivity index (χ4v) is 1.82. The highest BCUT2D eigenvalue weighted by atomic mass is 127. The fourth-order valence-electron chi connectivity index (χ4n) is 0.851. The van der Waals surface area contributed by atoms with Gasteiger partial charge in [0.2, 0.25) is 0 Å². The monoisotopic (exact) mass is 336 g/mol. The van der Waals surface area contributed by atoms with Crippen LogP contribution in [-0.4, -0.2) is 6.36 Å². The summed E-state index contributed by atoms with van der Waals surface area (Å²) in [7, 11) is 0. The van der Waals surface area contributed by atoms with Gasteiger partial charge < -0.3 is 4.74 Å². The molecular weight excluding hydrogens is 331 g/mol. The lowest BCUT2D eigenvalue weighted by Gasteiger charge is -2.10. The number of ether oxygens (including phenoxy) is 1. The van der Waals surface area contributed by atoms with Crippen molar-refractivity contribution in [2.45, 2.75) is 12.2 Å². The minimum atomic E-state index is -4.66. The van der Waals surface area contributed by atoms with Crippen LogP contribution in [0.1, 0.15) is 5.56 Å². The van der Waals surface area contributed by atoms with E-state index in [4.69, 9.17) is 11.6 Å². The average molecular weight is 336 g/mol. The van der Waals surface area contributed by atoms with Gasteiger partial charge in [0.1, 0.15) is 5.75 Å². The van der Waals surface area contributed by atoms with E-state index in [1.807, 2.05) is 22.6 Å². The molecule has 0 saturated heterocycles. The van der Waals surface area contributed by atoms with E-state index in [0.717, 1.165) is 3.57 Å². The van der Waals surface area contributed by atoms with Crippen molar-refractivity contribution < 1.29 is 17.9 Å². The average Bonchev–Trinajstić information content (AvgIpc) is 2.06. The van der Waals surface area contributed by atoms with Crippen LogP contribution in [0.4, 0.5) is 13.2 Å². The molecule has 0 saturated carbocycles. The predicted octanol–water partition coefficient (Wildman–Crippen LogP) is 3.93. The van der Waals surface area contributed by atoms with Crippen LogP contribution in [0, 0.1) is 3.57 Å². The van der Waals surface area contributed by atoms with Crippen LogP contribution in [0.25, 0.3) is 0 Å². The van der Waals surface area contributed by atoms with Gasteiger partial charge in [0.25, 0.3) is 0 Å². The lowest BCUT2D eigenvalue weighted by atomic mass is 10.2. The third-order valence-corrected chi connectivity index (χ3v) is 2.74. The smallest absolute Gasteiger partial charge is 0.406 e. The summed E-state index contributed by atoms with van der Waals surface area (Å²) < 4.78 is 40.0. The second kappa shape index (κ2) is 4.57. The van der Waals surface area contributed by atoms with Gasteiger partial charge in [-0.05, 0) is 46.4 Å². The molecule has 0 radical (unpaired) electrons. The maximum Gasteiger partial charge on any atom is 0.573 e. The normalized spacial score (nSPS) is 11.5. The summed E-state index contributed by atoms with van der Waals surface area (Å²) >= 11 is 7.53. The maximum absolute atomic E-state index is 11.8. The Kier molecular flexibility index (Phi) is 3.88. The molecule has 6 heteroatoms. The molecule has 14 heavy (non-hydrogen) atoms. The van der Waals surface area contributed by atoms with Gasteiger partial charge >= 0.3 is 6.36 Å². The highest BCUT2D eigenvalue weighted by Gasteiger charge is 2.31. The van der Waals surface area contributed by atoms with Gasteiger partial charge in [-0.25, -0.2) is 0 Å². The molecule has 1 rings (SSSR count). The molecule has 0 spiro atoms. The van der Waals surface area contributed by atoms with Crippen molar-refractivity contribution in [3.05, 3.63) is 27.3 Å². The molecule has 0 unspecified atom stereocenters. The van der Waals surface area contributed by atoms with Gasteiger partial charge in [-0.15, -0.1) is 24.8 Å². The molecule has 78 valence electrons. The molecule has 0 aliphatic heterocycles. The highest BCUT2D eigenvalue weighted by Crippen LogP contribution is 2.26. The SMILES string of the molecule is FC(F)(F)Oc1ccc(I)c(CCl)c1. The first-order chi connectivity index (χ1) is 6.42. The zero-order valence-corrected chi connectivity index (χ0v) is 9.65. The van der Waals surface area contributed by atoms with Crippen molar-refractivity contribution in [3.8, 4) is 5.75 Å². The number of rotatable bonds is 2. The van der Waals surface area contributed by atoms with Crippen molar-refractivity contribution in [3.63, 3.8) is 0 Å². The molecule has 1 aromatic carbocycles. The molecule has 0 heterocycles. The van der Waals surface area contributed by atoms with Crippen molar-refractivity contribution in [1.82, 2.24) is 0 Å². The number of hydrogen-bond acceptors (Lipinski definition) is 1. The first-order valence-electron chi connectivity index (χ1n) is 3.52. The van der Waals surface area contributed by atoms with Crippen LogP contribution < -0.4 is 4.74 Å². The van der Waals surface area contributed by atoms with Crippen molar-refractivity contribution in [2.24, 2.45) is 0 Å². The zero-order valence-electron chi connectivity index (χ0n) is 6.74. The Morgan fingerprint density at radius 3 is 2.50 bits per heavy atom. The summed E-state index contributed by atoms with van der Waals surface area (Å²) in [5.41, 5.74) is 0.619. The Hall–Kier alpha value is -0.170. The van der Waals surface area contributed by atoms with E-state index in [2.05, 4.69) is 4.74 Å². The first-order valence-corrected chi connectivity index (χ1v) is 5.14. The van der Waals surface area contributed by atoms with E-state index in [-0.39, 0.29) is 11.6 Å². The van der Waals surface area contributed by atoms with Crippen molar-refractivity contribution in [1.29, 1.82) is 0 Å². The van der Waals surface area contributed by atoms with Crippen LogP contribution in [-0.2, 0) is 5.88 Å². The largest absolute Gasteiger partial charge is 0.573 e. The molecule has 0 N–H and O–H groups in total. The van der Waals surface area contributed by atoms with Gasteiger partial charge in [-0.3, -0.25) is 0 Å². The Labute approximate surface area is 97.3 Å². The molecule has 1 nitrogen and oxygen atoms in total. The van der Waals surface area contributed by atoms with Gasteiger partial charge in [0.15, 0.2) is 0 Å². The van der Waals surface area contributed by atoms with Crippen LogP contribution in [0.5, 0.6) is 5.75 Å². The highest BCUT2D eigenvalue weighted by molar-refractivity contribution is 14.1. The van der Waals surface area contributed by atoms with E-state index >= 15 is 0 Å². The molecule has 0 atom stereocenters. The number of halogens is 5. The first kappa shape index (κ1) is 11.9. The summed E-state index contributed by atoms with van der Waals surface area (Å²) in [4.78, 5) is 0. The molecule has 1 aromatic rings. The Bertz CT molecular complexity index is 327. The molecule has 0 bridgehead atoms. The molecule has 0 aliphatic rings. The Morgan fingerprint density at radius 1 is 1.36 bits per heavy atom. The topological polar surface area (TPSA) is 9.23 Å². The third kappa shape index (κ3) is 3.53. The summed E-state index contributed by atoms with van der Waals surface area (Å²) in [6.45, 7) is 0. The van der Waals surface area contributed by atoms with E-state index in [1.165, 1.54) is 18.2 Å². The standard InChI is InChI=1S/C8H5ClF3IO/c9-4-5-3-6(1-2-7(5)13)14-8(10,11)12/h1-3H,4H2. The number of hydrogen-bond donors (Lipinski definition) is 0. The maximum atomic E-state index is 11.8. The number of alkyl halides is 4. The lowest BCUT2D eigenvalue weighted by molar-refractivity contribution is -0.274. The quantitative estimate of drug-likeness (QED) is 0.587. The zero-order chi connectivity index (χ0) is 10.8. The van der Waals surface area contributed by atoms with Gasteiger partial charge in [-0.1, -0.05) is 0 Å². The van der Waals surface area contributed by atoms with Crippen LogP contribution >= 0.6 is 34.2 Å². The van der Waals surface area contributed by atoms with Gasteiger partial charge in [0, 0.05) is 9.45 Å². The van der Waals surface area contributed by atoms with Crippen molar-refractivity contribution in [2.75, 3.05) is 0 Å². The molecule has 0 aromatic heterocycles. The second-order valence-corrected chi connectivity index (χ2v) is 3.86. The van der Waals surface area contributed by atoms with Gasteiger partial charge in [-0.2, -0.15) is 0 Å². The van der Waals surface area contributed by atoms with E-state index < -0.39 is 6.36 Å². The minimum absolute atomic E-state index is 0.160. The summed E-state index contributed by atoms with van der Waals surface area (Å²) in [6.07, 6.45) is -4.66. The lowest BCUT2D eigenvalue weighted by Crippen LogP contribution is -2.17. The fraction of sp³-hybridized carbons (Fsp3) is 0.250. The van der Waals surface area contributed by atoms with Crippen LogP contribution in [0.15, 0.2) is 18.2 Å². The predicted molar refractivity (Wildman–Crippen MR) is 55.4 cm³/mol. The molecule has 0 aliphatic carbocycles. The molecule has 0 amide bonds. The molecule has 0 fully saturated rings. The summed E-state index contributed by atoms with van der Waals surface area (Å²) in [6, 6.07) is 4.06. The van der Waals surface area contributed by atoms with E-state index in [0.29, 0.717) is 5.56 Å². The van der Waals surface area contributed by atoms with Crippen LogP contribution in [0.3, 0.4) is 0 Å². The summed E-state index contributed by atoms with van der Waals surface area (Å²) in [5, 5.41) is 0. The van der Waals surface area contributed by atoms with Gasteiger partial charge in [0.05, 0.1) is 0 Å².